The van der Waals surface area contributed by atoms with E-state index in [1.54, 1.807) is 26.0 Å². The predicted octanol–water partition coefficient (Wildman–Crippen LogP) is 4.06. The summed E-state index contributed by atoms with van der Waals surface area (Å²) in [6.07, 6.45) is 0.811. The number of amides is 1. The molecule has 0 bridgehead atoms. The van der Waals surface area contributed by atoms with Gasteiger partial charge >= 0.3 is 0 Å². The predicted molar refractivity (Wildman–Crippen MR) is 107 cm³/mol. The molecule has 0 atom stereocenters. The van der Waals surface area contributed by atoms with Gasteiger partial charge in [0.1, 0.15) is 11.5 Å². The third-order valence-electron chi connectivity index (χ3n) is 3.61. The van der Waals surface area contributed by atoms with E-state index in [1.807, 2.05) is 42.5 Å². The van der Waals surface area contributed by atoms with E-state index >= 15 is 0 Å². The van der Waals surface area contributed by atoms with Gasteiger partial charge in [-0.15, -0.1) is 11.8 Å². The van der Waals surface area contributed by atoms with E-state index in [1.165, 1.54) is 5.56 Å². The third kappa shape index (κ3) is 6.63. The first-order valence-electron chi connectivity index (χ1n) is 7.92. The van der Waals surface area contributed by atoms with Gasteiger partial charge in [-0.25, -0.2) is 0 Å². The first kappa shape index (κ1) is 19.7. The van der Waals surface area contributed by atoms with Crippen LogP contribution in [0.15, 0.2) is 46.9 Å². The Morgan fingerprint density at radius 1 is 1.08 bits per heavy atom. The molecule has 2 rings (SSSR count). The molecule has 0 unspecified atom stereocenters. The lowest BCUT2D eigenvalue weighted by molar-refractivity contribution is -0.118. The van der Waals surface area contributed by atoms with Crippen LogP contribution in [0.4, 0.5) is 0 Å². The molecular formula is C19H22BrNO3S. The molecule has 0 aliphatic carbocycles. The summed E-state index contributed by atoms with van der Waals surface area (Å²) >= 11 is 5.07. The monoisotopic (exact) mass is 423 g/mol. The molecule has 0 saturated carbocycles. The molecule has 1 N–H and O–H groups in total. The Morgan fingerprint density at radius 2 is 1.80 bits per heavy atom. The molecule has 6 heteroatoms. The maximum absolute atomic E-state index is 11.9. The first-order valence-corrected chi connectivity index (χ1v) is 9.87. The van der Waals surface area contributed by atoms with Crippen molar-refractivity contribution in [3.8, 4) is 11.5 Å². The number of hydrogen-bond acceptors (Lipinski definition) is 4. The highest BCUT2D eigenvalue weighted by atomic mass is 79.9. The van der Waals surface area contributed by atoms with Crippen LogP contribution < -0.4 is 14.8 Å². The molecule has 0 aliphatic rings. The second-order valence-corrected chi connectivity index (χ2v) is 7.25. The Kier molecular flexibility index (Phi) is 8.15. The van der Waals surface area contributed by atoms with Crippen LogP contribution in [0.3, 0.4) is 0 Å². The van der Waals surface area contributed by atoms with E-state index in [9.17, 15) is 4.79 Å². The number of benzene rings is 2. The molecule has 0 spiro atoms. The van der Waals surface area contributed by atoms with Crippen LogP contribution in [0.1, 0.15) is 11.1 Å². The first-order chi connectivity index (χ1) is 12.1. The summed E-state index contributed by atoms with van der Waals surface area (Å²) in [5.74, 6) is 2.95. The van der Waals surface area contributed by atoms with E-state index in [2.05, 4.69) is 21.2 Å². The molecule has 4 nitrogen and oxygen atoms in total. The second kappa shape index (κ2) is 10.4. The molecule has 25 heavy (non-hydrogen) atoms. The molecule has 0 saturated heterocycles. The van der Waals surface area contributed by atoms with Gasteiger partial charge in [0.05, 0.1) is 24.4 Å². The highest BCUT2D eigenvalue weighted by Gasteiger charge is 2.05. The van der Waals surface area contributed by atoms with Crippen LogP contribution in [-0.2, 0) is 17.0 Å². The summed E-state index contributed by atoms with van der Waals surface area (Å²) in [6, 6.07) is 13.9. The number of carbonyl (C=O) groups is 1. The number of halogens is 1. The van der Waals surface area contributed by atoms with Crippen LogP contribution >= 0.6 is 27.7 Å². The zero-order chi connectivity index (χ0) is 18.1. The van der Waals surface area contributed by atoms with Gasteiger partial charge in [-0.1, -0.05) is 18.2 Å². The van der Waals surface area contributed by atoms with Crippen LogP contribution in [-0.4, -0.2) is 32.4 Å². The minimum atomic E-state index is 0.0612. The highest BCUT2D eigenvalue weighted by molar-refractivity contribution is 9.10. The lowest BCUT2D eigenvalue weighted by Crippen LogP contribution is -2.27. The Balaban J connectivity index is 1.65. The normalized spacial score (nSPS) is 10.4. The largest absolute Gasteiger partial charge is 0.497 e. The van der Waals surface area contributed by atoms with Crippen molar-refractivity contribution in [2.24, 2.45) is 0 Å². The number of ether oxygens (including phenoxy) is 2. The maximum atomic E-state index is 11.9. The number of hydrogen-bond donors (Lipinski definition) is 1. The molecule has 0 heterocycles. The van der Waals surface area contributed by atoms with Gasteiger partial charge in [-0.05, 0) is 57.7 Å². The summed E-state index contributed by atoms with van der Waals surface area (Å²) in [5.41, 5.74) is 2.33. The minimum absolute atomic E-state index is 0.0612. The van der Waals surface area contributed by atoms with Crippen LogP contribution in [0.2, 0.25) is 0 Å². The average Bonchev–Trinajstić information content (AvgIpc) is 2.62. The molecule has 0 aromatic heterocycles. The van der Waals surface area contributed by atoms with E-state index in [4.69, 9.17) is 9.47 Å². The molecule has 1 amide bonds. The fourth-order valence-corrected chi connectivity index (χ4v) is 3.64. The lowest BCUT2D eigenvalue weighted by Gasteiger charge is -2.08. The molecule has 2 aromatic carbocycles. The lowest BCUT2D eigenvalue weighted by atomic mass is 10.1. The summed E-state index contributed by atoms with van der Waals surface area (Å²) in [6.45, 7) is 0.639. The third-order valence-corrected chi connectivity index (χ3v) is 5.24. The van der Waals surface area contributed by atoms with Crippen LogP contribution in [0.25, 0.3) is 0 Å². The van der Waals surface area contributed by atoms with Crippen molar-refractivity contribution < 1.29 is 14.3 Å². The molecule has 134 valence electrons. The quantitative estimate of drug-likeness (QED) is 0.660. The Labute approximate surface area is 161 Å². The van der Waals surface area contributed by atoms with E-state index in [0.717, 1.165) is 33.7 Å². The van der Waals surface area contributed by atoms with Crippen molar-refractivity contribution in [1.29, 1.82) is 0 Å². The van der Waals surface area contributed by atoms with E-state index in [-0.39, 0.29) is 5.91 Å². The average molecular weight is 424 g/mol. The maximum Gasteiger partial charge on any atom is 0.230 e. The van der Waals surface area contributed by atoms with Crippen LogP contribution in [0.5, 0.6) is 11.5 Å². The number of rotatable bonds is 9. The zero-order valence-corrected chi connectivity index (χ0v) is 16.8. The SMILES string of the molecule is COc1ccc(CCNC(=O)CSCc2ccc(OC)c(Br)c2)cc1. The van der Waals surface area contributed by atoms with Crippen LogP contribution in [0, 0.1) is 0 Å². The Hall–Kier alpha value is -1.66. The molecule has 0 fully saturated rings. The molecular weight excluding hydrogens is 402 g/mol. The van der Waals surface area contributed by atoms with Gasteiger partial charge in [-0.3, -0.25) is 4.79 Å². The summed E-state index contributed by atoms with van der Waals surface area (Å²) in [4.78, 5) is 11.9. The molecule has 2 aromatic rings. The van der Waals surface area contributed by atoms with Gasteiger partial charge in [0, 0.05) is 12.3 Å². The Bertz CT molecular complexity index is 692. The van der Waals surface area contributed by atoms with Crippen molar-refractivity contribution in [3.63, 3.8) is 0 Å². The number of nitrogens with one attached hydrogen (secondary N) is 1. The van der Waals surface area contributed by atoms with Crippen molar-refractivity contribution in [2.75, 3.05) is 26.5 Å². The van der Waals surface area contributed by atoms with Crippen molar-refractivity contribution in [3.05, 3.63) is 58.1 Å². The van der Waals surface area contributed by atoms with Gasteiger partial charge in [0.2, 0.25) is 5.91 Å². The van der Waals surface area contributed by atoms with Crippen molar-refractivity contribution >= 4 is 33.6 Å². The topological polar surface area (TPSA) is 47.6 Å². The van der Waals surface area contributed by atoms with Gasteiger partial charge < -0.3 is 14.8 Å². The number of carbonyl (C=O) groups excluding carboxylic acids is 1. The Morgan fingerprint density at radius 3 is 2.44 bits per heavy atom. The zero-order valence-electron chi connectivity index (χ0n) is 14.4. The van der Waals surface area contributed by atoms with E-state index in [0.29, 0.717) is 12.3 Å². The summed E-state index contributed by atoms with van der Waals surface area (Å²) in [5, 5.41) is 2.96. The summed E-state index contributed by atoms with van der Waals surface area (Å²) in [7, 11) is 3.29. The van der Waals surface area contributed by atoms with Gasteiger partial charge in [0.25, 0.3) is 0 Å². The standard InChI is InChI=1S/C19H22BrNO3S/c1-23-16-6-3-14(4-7-16)9-10-21-19(22)13-25-12-15-5-8-18(24-2)17(20)11-15/h3-8,11H,9-10,12-13H2,1-2H3,(H,21,22). The van der Waals surface area contributed by atoms with Crippen molar-refractivity contribution in [1.82, 2.24) is 5.32 Å². The smallest absolute Gasteiger partial charge is 0.230 e. The highest BCUT2D eigenvalue weighted by Crippen LogP contribution is 2.27. The molecule has 0 radical (unpaired) electrons. The number of methoxy groups -OCH3 is 2. The van der Waals surface area contributed by atoms with E-state index < -0.39 is 0 Å². The van der Waals surface area contributed by atoms with Crippen molar-refractivity contribution in [2.45, 2.75) is 12.2 Å². The van der Waals surface area contributed by atoms with Gasteiger partial charge in [0.15, 0.2) is 0 Å². The van der Waals surface area contributed by atoms with Gasteiger partial charge in [-0.2, -0.15) is 0 Å². The fraction of sp³-hybridized carbons (Fsp3) is 0.316. The summed E-state index contributed by atoms with van der Waals surface area (Å²) < 4.78 is 11.3. The number of thioether (sulfide) groups is 1. The second-order valence-electron chi connectivity index (χ2n) is 5.41. The minimum Gasteiger partial charge on any atom is -0.497 e. The fourth-order valence-electron chi connectivity index (χ4n) is 2.25. The molecule has 0 aliphatic heterocycles.